The van der Waals surface area contributed by atoms with Gasteiger partial charge in [-0.15, -0.1) is 0 Å². The van der Waals surface area contributed by atoms with Gasteiger partial charge >= 0.3 is 0 Å². The van der Waals surface area contributed by atoms with E-state index < -0.39 is 0 Å². The molecule has 0 unspecified atom stereocenters. The summed E-state index contributed by atoms with van der Waals surface area (Å²) in [4.78, 5) is 17.1. The van der Waals surface area contributed by atoms with Crippen molar-refractivity contribution in [1.29, 1.82) is 0 Å². The van der Waals surface area contributed by atoms with E-state index in [-0.39, 0.29) is 5.78 Å². The molecule has 0 spiro atoms. The zero-order valence-electron chi connectivity index (χ0n) is 14.2. The largest absolute Gasteiger partial charge is 0.372 e. The summed E-state index contributed by atoms with van der Waals surface area (Å²) in [6.07, 6.45) is 5.90. The van der Waals surface area contributed by atoms with Gasteiger partial charge in [0.1, 0.15) is 0 Å². The van der Waals surface area contributed by atoms with E-state index in [0.717, 1.165) is 38.3 Å². The maximum Gasteiger partial charge on any atom is 0.164 e. The van der Waals surface area contributed by atoms with Gasteiger partial charge in [-0.25, -0.2) is 0 Å². The van der Waals surface area contributed by atoms with E-state index in [1.165, 1.54) is 31.4 Å². The number of benzene rings is 1. The van der Waals surface area contributed by atoms with Crippen LogP contribution in [0.5, 0.6) is 0 Å². The minimum absolute atomic E-state index is 0.273. The summed E-state index contributed by atoms with van der Waals surface area (Å²) in [5, 5.41) is 0. The Kier molecular flexibility index (Phi) is 6.91. The van der Waals surface area contributed by atoms with Crippen LogP contribution in [0, 0.1) is 0 Å². The summed E-state index contributed by atoms with van der Waals surface area (Å²) in [5.41, 5.74) is 2.06. The molecule has 3 heteroatoms. The van der Waals surface area contributed by atoms with Gasteiger partial charge in [-0.05, 0) is 64.0 Å². The molecule has 2 rings (SSSR count). The number of Topliss-reactive ketones (excluding diaryl/α,β-unsaturated/α-hetero) is 1. The van der Waals surface area contributed by atoms with Gasteiger partial charge in [0.15, 0.2) is 5.78 Å². The van der Waals surface area contributed by atoms with Gasteiger partial charge in [-0.2, -0.15) is 0 Å². The van der Waals surface area contributed by atoms with Crippen LogP contribution in [0.15, 0.2) is 24.3 Å². The number of anilines is 1. The average molecular weight is 302 g/mol. The van der Waals surface area contributed by atoms with Crippen molar-refractivity contribution >= 4 is 11.5 Å². The molecule has 1 heterocycles. The Morgan fingerprint density at radius 3 is 2.14 bits per heavy atom. The van der Waals surface area contributed by atoms with Gasteiger partial charge in [-0.1, -0.05) is 12.8 Å². The highest BCUT2D eigenvalue weighted by Crippen LogP contribution is 2.16. The summed E-state index contributed by atoms with van der Waals surface area (Å²) in [6, 6.07) is 8.12. The van der Waals surface area contributed by atoms with Crippen LogP contribution in [-0.2, 0) is 0 Å². The number of nitrogens with zero attached hydrogens (tertiary/aromatic N) is 2. The lowest BCUT2D eigenvalue weighted by Crippen LogP contribution is -2.27. The molecule has 0 aromatic heterocycles. The average Bonchev–Trinajstić information content (AvgIpc) is 2.83. The normalized spacial score (nSPS) is 16.3. The molecule has 0 atom stereocenters. The quantitative estimate of drug-likeness (QED) is 0.712. The maximum atomic E-state index is 12.4. The summed E-state index contributed by atoms with van der Waals surface area (Å²) in [7, 11) is 0. The van der Waals surface area contributed by atoms with Crippen LogP contribution in [0.25, 0.3) is 0 Å². The first-order chi connectivity index (χ1) is 10.7. The Balaban J connectivity index is 1.86. The van der Waals surface area contributed by atoms with Crippen molar-refractivity contribution < 1.29 is 4.79 Å². The summed E-state index contributed by atoms with van der Waals surface area (Å²) in [6.45, 7) is 9.55. The fourth-order valence-electron chi connectivity index (χ4n) is 3.21. The molecule has 1 aromatic rings. The molecule has 0 aliphatic carbocycles. The molecular formula is C19H30N2O. The molecule has 122 valence electrons. The number of carbonyl (C=O) groups excluding carboxylic acids is 1. The van der Waals surface area contributed by atoms with Crippen molar-refractivity contribution in [1.82, 2.24) is 4.90 Å². The molecule has 1 aromatic carbocycles. The number of hydrogen-bond acceptors (Lipinski definition) is 3. The molecule has 1 fully saturated rings. The lowest BCUT2D eigenvalue weighted by molar-refractivity contribution is 0.0965. The highest BCUT2D eigenvalue weighted by atomic mass is 16.1. The van der Waals surface area contributed by atoms with Crippen LogP contribution in [0.4, 0.5) is 5.69 Å². The Labute approximate surface area is 135 Å². The summed E-state index contributed by atoms with van der Waals surface area (Å²) < 4.78 is 0. The Hall–Kier alpha value is -1.35. The predicted molar refractivity (Wildman–Crippen MR) is 93.9 cm³/mol. The second-order valence-corrected chi connectivity index (χ2v) is 6.15. The third-order valence-electron chi connectivity index (χ3n) is 4.67. The third-order valence-corrected chi connectivity index (χ3v) is 4.67. The van der Waals surface area contributed by atoms with E-state index in [0.29, 0.717) is 6.42 Å². The van der Waals surface area contributed by atoms with E-state index >= 15 is 0 Å². The van der Waals surface area contributed by atoms with E-state index in [9.17, 15) is 4.79 Å². The molecular weight excluding hydrogens is 272 g/mol. The standard InChI is InChI=1S/C19H30N2O/c1-3-21(4-2)18-11-9-17(10-12-18)19(22)13-16-20-14-7-5-6-8-15-20/h9-12H,3-8,13-16H2,1-2H3. The van der Waals surface area contributed by atoms with Gasteiger partial charge in [0, 0.05) is 37.3 Å². The number of hydrogen-bond donors (Lipinski definition) is 0. The van der Waals surface area contributed by atoms with Gasteiger partial charge in [0.25, 0.3) is 0 Å². The molecule has 0 radical (unpaired) electrons. The number of rotatable bonds is 7. The Morgan fingerprint density at radius 2 is 1.59 bits per heavy atom. The molecule has 1 aliphatic rings. The second kappa shape index (κ2) is 8.94. The fraction of sp³-hybridized carbons (Fsp3) is 0.632. The molecule has 0 bridgehead atoms. The number of carbonyl (C=O) groups is 1. The van der Waals surface area contributed by atoms with E-state index in [2.05, 4.69) is 35.8 Å². The maximum absolute atomic E-state index is 12.4. The molecule has 0 N–H and O–H groups in total. The van der Waals surface area contributed by atoms with Crippen LogP contribution in [0.3, 0.4) is 0 Å². The predicted octanol–water partition coefficient (Wildman–Crippen LogP) is 3.98. The van der Waals surface area contributed by atoms with E-state index in [4.69, 9.17) is 0 Å². The zero-order chi connectivity index (χ0) is 15.8. The van der Waals surface area contributed by atoms with Crippen LogP contribution < -0.4 is 4.90 Å². The number of likely N-dealkylation sites (tertiary alicyclic amines) is 1. The van der Waals surface area contributed by atoms with Gasteiger partial charge in [0.05, 0.1) is 0 Å². The van der Waals surface area contributed by atoms with Crippen LogP contribution in [0.2, 0.25) is 0 Å². The lowest BCUT2D eigenvalue weighted by Gasteiger charge is -2.21. The van der Waals surface area contributed by atoms with Crippen molar-refractivity contribution in [3.05, 3.63) is 29.8 Å². The first-order valence-corrected chi connectivity index (χ1v) is 8.85. The lowest BCUT2D eigenvalue weighted by atomic mass is 10.1. The van der Waals surface area contributed by atoms with Crippen molar-refractivity contribution in [3.63, 3.8) is 0 Å². The molecule has 1 aliphatic heterocycles. The molecule has 22 heavy (non-hydrogen) atoms. The van der Waals surface area contributed by atoms with Crippen molar-refractivity contribution in [2.45, 2.75) is 46.0 Å². The first-order valence-electron chi connectivity index (χ1n) is 8.85. The SMILES string of the molecule is CCN(CC)c1ccc(C(=O)CCN2CCCCCC2)cc1. The minimum atomic E-state index is 0.273. The van der Waals surface area contributed by atoms with Crippen LogP contribution in [-0.4, -0.2) is 43.4 Å². The summed E-state index contributed by atoms with van der Waals surface area (Å²) >= 11 is 0. The van der Waals surface area contributed by atoms with Crippen molar-refractivity contribution in [2.75, 3.05) is 37.6 Å². The van der Waals surface area contributed by atoms with Crippen molar-refractivity contribution in [3.8, 4) is 0 Å². The fourth-order valence-corrected chi connectivity index (χ4v) is 3.21. The highest BCUT2D eigenvalue weighted by molar-refractivity contribution is 5.96. The molecule has 3 nitrogen and oxygen atoms in total. The van der Waals surface area contributed by atoms with Gasteiger partial charge in [-0.3, -0.25) is 4.79 Å². The highest BCUT2D eigenvalue weighted by Gasteiger charge is 2.12. The number of ketones is 1. The monoisotopic (exact) mass is 302 g/mol. The second-order valence-electron chi connectivity index (χ2n) is 6.15. The van der Waals surface area contributed by atoms with Crippen molar-refractivity contribution in [2.24, 2.45) is 0 Å². The molecule has 1 saturated heterocycles. The first kappa shape index (κ1) is 17.0. The van der Waals surface area contributed by atoms with Crippen LogP contribution in [0.1, 0.15) is 56.3 Å². The Morgan fingerprint density at radius 1 is 1.00 bits per heavy atom. The van der Waals surface area contributed by atoms with E-state index in [1.54, 1.807) is 0 Å². The molecule has 0 saturated carbocycles. The van der Waals surface area contributed by atoms with Gasteiger partial charge < -0.3 is 9.80 Å². The van der Waals surface area contributed by atoms with E-state index in [1.807, 2.05) is 12.1 Å². The van der Waals surface area contributed by atoms with Crippen LogP contribution >= 0.6 is 0 Å². The third kappa shape index (κ3) is 4.84. The Bertz CT molecular complexity index is 443. The zero-order valence-corrected chi connectivity index (χ0v) is 14.2. The molecule has 0 amide bonds. The summed E-state index contributed by atoms with van der Waals surface area (Å²) in [5.74, 6) is 0.273. The topological polar surface area (TPSA) is 23.6 Å². The smallest absolute Gasteiger partial charge is 0.164 e. The minimum Gasteiger partial charge on any atom is -0.372 e. The van der Waals surface area contributed by atoms with Gasteiger partial charge in [0.2, 0.25) is 0 Å².